The van der Waals surface area contributed by atoms with Crippen LogP contribution in [0, 0.1) is 0 Å². The molecular formula is C17H27NO2. The molecule has 112 valence electrons. The number of hydrogen-bond acceptors (Lipinski definition) is 3. The second-order valence-electron chi connectivity index (χ2n) is 6.18. The largest absolute Gasteiger partial charge is 0.497 e. The quantitative estimate of drug-likeness (QED) is 0.795. The van der Waals surface area contributed by atoms with Crippen LogP contribution in [0.3, 0.4) is 0 Å². The van der Waals surface area contributed by atoms with Crippen LogP contribution in [0.15, 0.2) is 18.2 Å². The molecule has 1 aromatic carbocycles. The maximum atomic E-state index is 6.10. The van der Waals surface area contributed by atoms with E-state index < -0.39 is 0 Å². The van der Waals surface area contributed by atoms with Crippen molar-refractivity contribution in [1.82, 2.24) is 5.32 Å². The van der Waals surface area contributed by atoms with E-state index in [-0.39, 0.29) is 5.60 Å². The van der Waals surface area contributed by atoms with E-state index in [2.05, 4.69) is 32.2 Å². The Bertz CT molecular complexity index is 443. The zero-order valence-electron chi connectivity index (χ0n) is 13.2. The molecule has 3 nitrogen and oxygen atoms in total. The highest BCUT2D eigenvalue weighted by molar-refractivity contribution is 5.44. The SMILES string of the molecule is CCCCCNC1CC(C)(C)Oc2cc(OC)ccc21. The van der Waals surface area contributed by atoms with E-state index in [9.17, 15) is 0 Å². The first-order valence-corrected chi connectivity index (χ1v) is 7.66. The maximum Gasteiger partial charge on any atom is 0.128 e. The third-order valence-corrected chi connectivity index (χ3v) is 3.85. The van der Waals surface area contributed by atoms with Crippen molar-refractivity contribution >= 4 is 0 Å². The average Bonchev–Trinajstić information content (AvgIpc) is 2.41. The van der Waals surface area contributed by atoms with E-state index in [1.807, 2.05) is 12.1 Å². The molecule has 0 radical (unpaired) electrons. The third kappa shape index (κ3) is 3.66. The summed E-state index contributed by atoms with van der Waals surface area (Å²) in [6.07, 6.45) is 4.78. The van der Waals surface area contributed by atoms with Gasteiger partial charge in [0.1, 0.15) is 17.1 Å². The summed E-state index contributed by atoms with van der Waals surface area (Å²) in [7, 11) is 1.69. The van der Waals surface area contributed by atoms with Crippen molar-refractivity contribution in [2.75, 3.05) is 13.7 Å². The Morgan fingerprint density at radius 1 is 1.35 bits per heavy atom. The standard InChI is InChI=1S/C17H27NO2/c1-5-6-7-10-18-15-12-17(2,3)20-16-11-13(19-4)8-9-14(15)16/h8-9,11,15,18H,5-7,10,12H2,1-4H3. The van der Waals surface area contributed by atoms with Gasteiger partial charge in [-0.25, -0.2) is 0 Å². The molecule has 1 unspecified atom stereocenters. The zero-order chi connectivity index (χ0) is 14.6. The Balaban J connectivity index is 2.13. The lowest BCUT2D eigenvalue weighted by molar-refractivity contribution is 0.0657. The van der Waals surface area contributed by atoms with Gasteiger partial charge in [0.05, 0.1) is 7.11 Å². The Hall–Kier alpha value is -1.22. The summed E-state index contributed by atoms with van der Waals surface area (Å²) in [5.41, 5.74) is 1.11. The maximum absolute atomic E-state index is 6.10. The molecule has 0 amide bonds. The molecule has 0 bridgehead atoms. The molecule has 0 spiro atoms. The summed E-state index contributed by atoms with van der Waals surface area (Å²) in [6.45, 7) is 7.60. The van der Waals surface area contributed by atoms with Gasteiger partial charge < -0.3 is 14.8 Å². The van der Waals surface area contributed by atoms with Crippen LogP contribution < -0.4 is 14.8 Å². The van der Waals surface area contributed by atoms with E-state index in [1.54, 1.807) is 7.11 Å². The number of fused-ring (bicyclic) bond motifs is 1. The summed E-state index contributed by atoms with van der Waals surface area (Å²) in [4.78, 5) is 0. The fraction of sp³-hybridized carbons (Fsp3) is 0.647. The van der Waals surface area contributed by atoms with Crippen molar-refractivity contribution in [3.63, 3.8) is 0 Å². The summed E-state index contributed by atoms with van der Waals surface area (Å²) >= 11 is 0. The van der Waals surface area contributed by atoms with Crippen LogP contribution in [0.25, 0.3) is 0 Å². The average molecular weight is 277 g/mol. The molecule has 3 heteroatoms. The number of hydrogen-bond donors (Lipinski definition) is 1. The molecule has 0 aromatic heterocycles. The highest BCUT2D eigenvalue weighted by atomic mass is 16.5. The summed E-state index contributed by atoms with van der Waals surface area (Å²) in [5.74, 6) is 1.81. The van der Waals surface area contributed by atoms with E-state index in [1.165, 1.54) is 24.8 Å². The molecule has 1 atom stereocenters. The van der Waals surface area contributed by atoms with Gasteiger partial charge >= 0.3 is 0 Å². The van der Waals surface area contributed by atoms with Crippen LogP contribution in [0.2, 0.25) is 0 Å². The molecule has 2 rings (SSSR count). The van der Waals surface area contributed by atoms with E-state index in [4.69, 9.17) is 9.47 Å². The minimum atomic E-state index is -0.137. The summed E-state index contributed by atoms with van der Waals surface area (Å²) < 4.78 is 11.4. The molecule has 1 heterocycles. The predicted molar refractivity (Wildman–Crippen MR) is 82.6 cm³/mol. The molecule has 1 aromatic rings. The lowest BCUT2D eigenvalue weighted by Crippen LogP contribution is -2.39. The Labute approximate surface area is 122 Å². The second kappa shape index (κ2) is 6.49. The Kier molecular flexibility index (Phi) is 4.92. The van der Waals surface area contributed by atoms with Crippen LogP contribution in [0.5, 0.6) is 11.5 Å². The number of rotatable bonds is 6. The van der Waals surface area contributed by atoms with Crippen molar-refractivity contribution in [2.24, 2.45) is 0 Å². The van der Waals surface area contributed by atoms with E-state index >= 15 is 0 Å². The van der Waals surface area contributed by atoms with Crippen molar-refractivity contribution in [3.8, 4) is 11.5 Å². The molecule has 0 fully saturated rings. The Morgan fingerprint density at radius 3 is 2.85 bits per heavy atom. The van der Waals surface area contributed by atoms with Gasteiger partial charge in [-0.15, -0.1) is 0 Å². The van der Waals surface area contributed by atoms with E-state index in [0.717, 1.165) is 24.5 Å². The minimum Gasteiger partial charge on any atom is -0.497 e. The molecular weight excluding hydrogens is 250 g/mol. The van der Waals surface area contributed by atoms with Crippen LogP contribution in [0.4, 0.5) is 0 Å². The first-order chi connectivity index (χ1) is 9.55. The van der Waals surface area contributed by atoms with Gasteiger partial charge in [0.2, 0.25) is 0 Å². The van der Waals surface area contributed by atoms with Gasteiger partial charge in [0.25, 0.3) is 0 Å². The summed E-state index contributed by atoms with van der Waals surface area (Å²) in [5, 5.41) is 3.68. The predicted octanol–water partition coefficient (Wildman–Crippen LogP) is 4.08. The van der Waals surface area contributed by atoms with Gasteiger partial charge in [-0.05, 0) is 32.9 Å². The van der Waals surface area contributed by atoms with Crippen LogP contribution in [0.1, 0.15) is 58.1 Å². The third-order valence-electron chi connectivity index (χ3n) is 3.85. The number of unbranched alkanes of at least 4 members (excludes halogenated alkanes) is 2. The molecule has 0 saturated carbocycles. The molecule has 1 aliphatic rings. The Morgan fingerprint density at radius 2 is 2.15 bits per heavy atom. The van der Waals surface area contributed by atoms with Crippen LogP contribution >= 0.6 is 0 Å². The number of methoxy groups -OCH3 is 1. The molecule has 1 N–H and O–H groups in total. The lowest BCUT2D eigenvalue weighted by Gasteiger charge is -2.38. The monoisotopic (exact) mass is 277 g/mol. The first-order valence-electron chi connectivity index (χ1n) is 7.66. The number of ether oxygens (including phenoxy) is 2. The fourth-order valence-electron chi connectivity index (χ4n) is 2.79. The zero-order valence-corrected chi connectivity index (χ0v) is 13.2. The molecule has 0 saturated heterocycles. The second-order valence-corrected chi connectivity index (χ2v) is 6.18. The van der Waals surface area contributed by atoms with Crippen molar-refractivity contribution < 1.29 is 9.47 Å². The smallest absolute Gasteiger partial charge is 0.128 e. The van der Waals surface area contributed by atoms with Crippen molar-refractivity contribution in [2.45, 2.75) is 58.1 Å². The first kappa shape index (κ1) is 15.2. The lowest BCUT2D eigenvalue weighted by atomic mass is 9.89. The molecule has 20 heavy (non-hydrogen) atoms. The number of nitrogens with one attached hydrogen (secondary N) is 1. The highest BCUT2D eigenvalue weighted by Crippen LogP contribution is 2.41. The fourth-order valence-corrected chi connectivity index (χ4v) is 2.79. The molecule has 1 aliphatic heterocycles. The van der Waals surface area contributed by atoms with Gasteiger partial charge in [-0.2, -0.15) is 0 Å². The van der Waals surface area contributed by atoms with Gasteiger partial charge in [0.15, 0.2) is 0 Å². The number of benzene rings is 1. The normalized spacial score (nSPS) is 20.1. The van der Waals surface area contributed by atoms with Gasteiger partial charge in [-0.3, -0.25) is 0 Å². The topological polar surface area (TPSA) is 30.5 Å². The van der Waals surface area contributed by atoms with Crippen molar-refractivity contribution in [1.29, 1.82) is 0 Å². The van der Waals surface area contributed by atoms with Gasteiger partial charge in [0, 0.05) is 24.1 Å². The van der Waals surface area contributed by atoms with Crippen LogP contribution in [-0.2, 0) is 0 Å². The van der Waals surface area contributed by atoms with Gasteiger partial charge in [-0.1, -0.05) is 25.8 Å². The minimum absolute atomic E-state index is 0.137. The van der Waals surface area contributed by atoms with E-state index in [0.29, 0.717) is 6.04 Å². The van der Waals surface area contributed by atoms with Crippen molar-refractivity contribution in [3.05, 3.63) is 23.8 Å². The summed E-state index contributed by atoms with van der Waals surface area (Å²) in [6, 6.07) is 6.51. The van der Waals surface area contributed by atoms with Crippen LogP contribution in [-0.4, -0.2) is 19.3 Å². The highest BCUT2D eigenvalue weighted by Gasteiger charge is 2.33. The molecule has 0 aliphatic carbocycles.